The van der Waals surface area contributed by atoms with Gasteiger partial charge in [0.25, 0.3) is 0 Å². The van der Waals surface area contributed by atoms with Crippen LogP contribution in [0.1, 0.15) is 25.7 Å². The van der Waals surface area contributed by atoms with E-state index in [2.05, 4.69) is 5.32 Å². The number of fused-ring (bicyclic) bond motifs is 1. The van der Waals surface area contributed by atoms with E-state index in [4.69, 9.17) is 9.47 Å². The predicted octanol–water partition coefficient (Wildman–Crippen LogP) is 2.57. The summed E-state index contributed by atoms with van der Waals surface area (Å²) in [6.07, 6.45) is 3.27. The Morgan fingerprint density at radius 1 is 1.31 bits per heavy atom. The first kappa shape index (κ1) is 17.1. The van der Waals surface area contributed by atoms with E-state index < -0.39 is 11.4 Å². The highest BCUT2D eigenvalue weighted by atomic mass is 16.5. The third-order valence-electron chi connectivity index (χ3n) is 5.89. The number of para-hydroxylation sites is 2. The van der Waals surface area contributed by atoms with Crippen molar-refractivity contribution in [3.05, 3.63) is 24.3 Å². The number of carboxylic acid groups (broad SMARTS) is 1. The lowest BCUT2D eigenvalue weighted by Crippen LogP contribution is -2.38. The number of anilines is 1. The van der Waals surface area contributed by atoms with Crippen LogP contribution < -0.4 is 10.1 Å². The number of ether oxygens (including phenoxy) is 2. The van der Waals surface area contributed by atoms with Gasteiger partial charge in [-0.1, -0.05) is 18.6 Å². The number of carbonyl (C=O) groups excluding carboxylic acids is 1. The average molecular weight is 360 g/mol. The number of rotatable bonds is 4. The van der Waals surface area contributed by atoms with Gasteiger partial charge in [-0.15, -0.1) is 0 Å². The van der Waals surface area contributed by atoms with Gasteiger partial charge in [0, 0.05) is 19.5 Å². The molecule has 1 aromatic rings. The summed E-state index contributed by atoms with van der Waals surface area (Å²) in [5.74, 6) is -0.114. The second-order valence-electron chi connectivity index (χ2n) is 7.46. The Balaban J connectivity index is 1.45. The van der Waals surface area contributed by atoms with Crippen LogP contribution in [0.5, 0.6) is 5.75 Å². The third-order valence-corrected chi connectivity index (χ3v) is 5.89. The molecule has 4 rings (SSSR count). The van der Waals surface area contributed by atoms with Gasteiger partial charge in [-0.3, -0.25) is 4.79 Å². The van der Waals surface area contributed by atoms with Crippen LogP contribution in [0.15, 0.2) is 24.3 Å². The molecule has 3 atom stereocenters. The van der Waals surface area contributed by atoms with Crippen molar-refractivity contribution in [3.63, 3.8) is 0 Å². The second-order valence-corrected chi connectivity index (χ2v) is 7.46. The Hall–Kier alpha value is -2.28. The summed E-state index contributed by atoms with van der Waals surface area (Å²) >= 11 is 0. The fourth-order valence-corrected chi connectivity index (χ4v) is 4.45. The van der Waals surface area contributed by atoms with Gasteiger partial charge in [-0.05, 0) is 30.9 Å². The number of nitrogens with zero attached hydrogens (tertiary/aromatic N) is 1. The standard InChI is InChI=1S/C19H24N2O5/c22-17(23)19-8-3-4-13(19)10-21(12-19)18(24)20-15-5-1-2-6-16(15)26-14-7-9-25-11-14/h1-2,5-6,13-14H,3-4,7-12H2,(H,20,24)(H,22,23)/t13-,14?,19+/m0/s1. The molecule has 2 N–H and O–H groups in total. The molecule has 1 aliphatic carbocycles. The van der Waals surface area contributed by atoms with E-state index in [0.29, 0.717) is 37.6 Å². The molecule has 26 heavy (non-hydrogen) atoms. The van der Waals surface area contributed by atoms with Crippen LogP contribution in [-0.4, -0.2) is 54.4 Å². The molecule has 1 unspecified atom stereocenters. The molecule has 0 radical (unpaired) electrons. The largest absolute Gasteiger partial charge is 0.486 e. The van der Waals surface area contributed by atoms with Crippen LogP contribution in [-0.2, 0) is 9.53 Å². The maximum absolute atomic E-state index is 12.7. The van der Waals surface area contributed by atoms with Crippen LogP contribution in [0.25, 0.3) is 0 Å². The molecule has 140 valence electrons. The first-order valence-electron chi connectivity index (χ1n) is 9.21. The number of carbonyl (C=O) groups is 2. The molecular weight excluding hydrogens is 336 g/mol. The third kappa shape index (κ3) is 3.00. The molecule has 2 amide bonds. The molecule has 0 bridgehead atoms. The molecule has 2 heterocycles. The van der Waals surface area contributed by atoms with Crippen molar-refractivity contribution in [2.24, 2.45) is 11.3 Å². The summed E-state index contributed by atoms with van der Waals surface area (Å²) in [6.45, 7) is 2.01. The Morgan fingerprint density at radius 2 is 2.15 bits per heavy atom. The van der Waals surface area contributed by atoms with Crippen molar-refractivity contribution in [3.8, 4) is 5.75 Å². The number of amides is 2. The zero-order valence-electron chi connectivity index (χ0n) is 14.6. The Kier molecular flexibility index (Phi) is 4.48. The number of benzene rings is 1. The summed E-state index contributed by atoms with van der Waals surface area (Å²) in [6, 6.07) is 7.06. The maximum Gasteiger partial charge on any atom is 0.321 e. The van der Waals surface area contributed by atoms with Crippen molar-refractivity contribution in [2.75, 3.05) is 31.6 Å². The normalized spacial score (nSPS) is 30.2. The number of nitrogens with one attached hydrogen (secondary N) is 1. The molecule has 1 saturated carbocycles. The van der Waals surface area contributed by atoms with Crippen molar-refractivity contribution < 1.29 is 24.2 Å². The SMILES string of the molecule is O=C(Nc1ccccc1OC1CCOC1)N1C[C@@H]2CCC[C@@]2(C(=O)O)C1. The summed E-state index contributed by atoms with van der Waals surface area (Å²) in [5.41, 5.74) is -0.167. The Labute approximate surface area is 152 Å². The minimum Gasteiger partial charge on any atom is -0.486 e. The highest BCUT2D eigenvalue weighted by molar-refractivity contribution is 5.92. The fourth-order valence-electron chi connectivity index (χ4n) is 4.45. The van der Waals surface area contributed by atoms with Crippen LogP contribution in [0, 0.1) is 11.3 Å². The van der Waals surface area contributed by atoms with Crippen molar-refractivity contribution in [2.45, 2.75) is 31.8 Å². The van der Waals surface area contributed by atoms with Crippen LogP contribution in [0.2, 0.25) is 0 Å². The van der Waals surface area contributed by atoms with E-state index in [9.17, 15) is 14.7 Å². The summed E-state index contributed by atoms with van der Waals surface area (Å²) in [4.78, 5) is 26.2. The van der Waals surface area contributed by atoms with E-state index >= 15 is 0 Å². The van der Waals surface area contributed by atoms with Crippen molar-refractivity contribution in [1.82, 2.24) is 4.90 Å². The monoisotopic (exact) mass is 360 g/mol. The lowest BCUT2D eigenvalue weighted by Gasteiger charge is -2.24. The number of hydrogen-bond donors (Lipinski definition) is 2. The molecule has 3 fully saturated rings. The molecule has 2 aliphatic heterocycles. The Bertz CT molecular complexity index is 703. The number of urea groups is 1. The highest BCUT2D eigenvalue weighted by Crippen LogP contribution is 2.49. The molecule has 0 spiro atoms. The lowest BCUT2D eigenvalue weighted by atomic mass is 9.81. The zero-order valence-corrected chi connectivity index (χ0v) is 14.6. The number of likely N-dealkylation sites (tertiary alicyclic amines) is 1. The van der Waals surface area contributed by atoms with Gasteiger partial charge in [-0.25, -0.2) is 4.79 Å². The zero-order chi connectivity index (χ0) is 18.1. The van der Waals surface area contributed by atoms with Crippen LogP contribution >= 0.6 is 0 Å². The highest BCUT2D eigenvalue weighted by Gasteiger charge is 2.55. The molecule has 0 aromatic heterocycles. The number of carboxylic acids is 1. The van der Waals surface area contributed by atoms with Gasteiger partial charge < -0.3 is 24.8 Å². The van der Waals surface area contributed by atoms with Crippen LogP contribution in [0.3, 0.4) is 0 Å². The minimum absolute atomic E-state index is 0.00512. The summed E-state index contributed by atoms with van der Waals surface area (Å²) < 4.78 is 11.3. The van der Waals surface area contributed by atoms with Gasteiger partial charge in [0.1, 0.15) is 11.9 Å². The van der Waals surface area contributed by atoms with Crippen molar-refractivity contribution >= 4 is 17.7 Å². The number of hydrogen-bond acceptors (Lipinski definition) is 4. The molecule has 7 heteroatoms. The van der Waals surface area contributed by atoms with Crippen molar-refractivity contribution in [1.29, 1.82) is 0 Å². The average Bonchev–Trinajstić information content (AvgIpc) is 3.31. The topological polar surface area (TPSA) is 88.1 Å². The van der Waals surface area contributed by atoms with Gasteiger partial charge in [-0.2, -0.15) is 0 Å². The Morgan fingerprint density at radius 3 is 2.88 bits per heavy atom. The minimum atomic E-state index is -0.778. The molecule has 2 saturated heterocycles. The summed E-state index contributed by atoms with van der Waals surface area (Å²) in [5, 5.41) is 12.6. The van der Waals surface area contributed by atoms with E-state index in [-0.39, 0.29) is 24.6 Å². The first-order chi connectivity index (χ1) is 12.6. The van der Waals surface area contributed by atoms with Gasteiger partial charge >= 0.3 is 12.0 Å². The van der Waals surface area contributed by atoms with Crippen LogP contribution in [0.4, 0.5) is 10.5 Å². The quantitative estimate of drug-likeness (QED) is 0.862. The smallest absolute Gasteiger partial charge is 0.321 e. The molecule has 3 aliphatic rings. The fraction of sp³-hybridized carbons (Fsp3) is 0.579. The van der Waals surface area contributed by atoms with E-state index in [1.807, 2.05) is 18.2 Å². The maximum atomic E-state index is 12.7. The van der Waals surface area contributed by atoms with Gasteiger partial charge in [0.05, 0.1) is 24.3 Å². The first-order valence-corrected chi connectivity index (χ1v) is 9.21. The molecular formula is C19H24N2O5. The van der Waals surface area contributed by atoms with E-state index in [0.717, 1.165) is 19.3 Å². The van der Waals surface area contributed by atoms with Gasteiger partial charge in [0.15, 0.2) is 0 Å². The summed E-state index contributed by atoms with van der Waals surface area (Å²) in [7, 11) is 0. The van der Waals surface area contributed by atoms with E-state index in [1.54, 1.807) is 11.0 Å². The lowest BCUT2D eigenvalue weighted by molar-refractivity contribution is -0.149. The molecule has 1 aromatic carbocycles. The van der Waals surface area contributed by atoms with E-state index in [1.165, 1.54) is 0 Å². The molecule has 7 nitrogen and oxygen atoms in total. The second kappa shape index (κ2) is 6.79. The number of aliphatic carboxylic acids is 1. The van der Waals surface area contributed by atoms with Gasteiger partial charge in [0.2, 0.25) is 0 Å². The predicted molar refractivity (Wildman–Crippen MR) is 94.3 cm³/mol.